The van der Waals surface area contributed by atoms with Crippen LogP contribution in [0.4, 0.5) is 0 Å². The normalized spacial score (nSPS) is 21.9. The molecule has 1 unspecified atom stereocenters. The third-order valence-electron chi connectivity index (χ3n) is 3.70. The molecule has 0 spiro atoms. The summed E-state index contributed by atoms with van der Waals surface area (Å²) in [5.41, 5.74) is 0.415. The smallest absolute Gasteiger partial charge is 0.326 e. The van der Waals surface area contributed by atoms with Gasteiger partial charge in [-0.15, -0.1) is 0 Å². The number of aliphatic carboxylic acids is 1. The van der Waals surface area contributed by atoms with E-state index in [0.717, 1.165) is 19.3 Å². The molecule has 0 aliphatic carbocycles. The number of hydrogen-bond acceptors (Lipinski definition) is 3. The van der Waals surface area contributed by atoms with E-state index in [9.17, 15) is 18.3 Å². The topological polar surface area (TPSA) is 86.7 Å². The zero-order valence-corrected chi connectivity index (χ0v) is 12.7. The highest BCUT2D eigenvalue weighted by Gasteiger charge is 2.33. The van der Waals surface area contributed by atoms with E-state index < -0.39 is 22.2 Å². The molecule has 2 atom stereocenters. The number of benzene rings is 1. The van der Waals surface area contributed by atoms with Gasteiger partial charge >= 0.3 is 5.97 Å². The first-order valence-corrected chi connectivity index (χ1v) is 8.42. The molecule has 0 amide bonds. The third-order valence-corrected chi connectivity index (χ3v) is 5.39. The van der Waals surface area contributed by atoms with Gasteiger partial charge in [0.25, 0.3) is 10.2 Å². The summed E-state index contributed by atoms with van der Waals surface area (Å²) in [5, 5.41) is 9.31. The van der Waals surface area contributed by atoms with Crippen molar-refractivity contribution in [1.29, 1.82) is 0 Å². The van der Waals surface area contributed by atoms with Crippen molar-refractivity contribution < 1.29 is 18.3 Å². The van der Waals surface area contributed by atoms with Gasteiger partial charge in [0.05, 0.1) is 0 Å². The highest BCUT2D eigenvalue weighted by Crippen LogP contribution is 2.21. The van der Waals surface area contributed by atoms with Crippen LogP contribution in [0.2, 0.25) is 0 Å². The molecule has 1 aliphatic rings. The van der Waals surface area contributed by atoms with Gasteiger partial charge in [0.2, 0.25) is 0 Å². The predicted molar refractivity (Wildman–Crippen MR) is 78.9 cm³/mol. The number of carbonyl (C=O) groups is 1. The molecule has 0 bridgehead atoms. The van der Waals surface area contributed by atoms with E-state index in [-0.39, 0.29) is 6.04 Å². The molecular weight excluding hydrogens is 292 g/mol. The second kappa shape index (κ2) is 6.55. The lowest BCUT2D eigenvalue weighted by Crippen LogP contribution is -2.49. The first-order chi connectivity index (χ1) is 9.92. The van der Waals surface area contributed by atoms with Crippen molar-refractivity contribution in [2.75, 3.05) is 6.54 Å². The molecule has 2 N–H and O–H groups in total. The average Bonchev–Trinajstić information content (AvgIpc) is 2.46. The summed E-state index contributed by atoms with van der Waals surface area (Å²) in [4.78, 5) is 11.4. The zero-order chi connectivity index (χ0) is 15.5. The Balaban J connectivity index is 2.22. The fourth-order valence-electron chi connectivity index (χ4n) is 2.55. The second-order valence-electron chi connectivity index (χ2n) is 5.26. The minimum Gasteiger partial charge on any atom is -0.480 e. The highest BCUT2D eigenvalue weighted by molar-refractivity contribution is 7.87. The number of rotatable bonds is 5. The lowest BCUT2D eigenvalue weighted by atomic mass is 10.1. The van der Waals surface area contributed by atoms with Crippen LogP contribution in [-0.4, -0.2) is 36.4 Å². The number of piperidine rings is 1. The van der Waals surface area contributed by atoms with Crippen molar-refractivity contribution in [3.63, 3.8) is 0 Å². The van der Waals surface area contributed by atoms with E-state index in [1.54, 1.807) is 30.3 Å². The first kappa shape index (κ1) is 15.9. The molecule has 21 heavy (non-hydrogen) atoms. The van der Waals surface area contributed by atoms with E-state index in [1.165, 1.54) is 4.31 Å². The van der Waals surface area contributed by atoms with Gasteiger partial charge in [0.1, 0.15) is 6.04 Å². The fourth-order valence-corrected chi connectivity index (χ4v) is 4.17. The van der Waals surface area contributed by atoms with E-state index >= 15 is 0 Å². The van der Waals surface area contributed by atoms with E-state index in [4.69, 9.17) is 0 Å². The molecule has 0 radical (unpaired) electrons. The van der Waals surface area contributed by atoms with Crippen LogP contribution in [0.25, 0.3) is 0 Å². The Hall–Kier alpha value is -1.44. The first-order valence-electron chi connectivity index (χ1n) is 6.98. The van der Waals surface area contributed by atoms with Crippen LogP contribution in [-0.2, 0) is 15.0 Å². The second-order valence-corrected chi connectivity index (χ2v) is 6.92. The summed E-state index contributed by atoms with van der Waals surface area (Å²) in [7, 11) is -3.82. The number of carboxylic acids is 1. The number of nitrogens with one attached hydrogen (secondary N) is 1. The van der Waals surface area contributed by atoms with Crippen molar-refractivity contribution in [3.05, 3.63) is 35.9 Å². The van der Waals surface area contributed by atoms with Crippen LogP contribution >= 0.6 is 0 Å². The maximum Gasteiger partial charge on any atom is 0.326 e. The maximum absolute atomic E-state index is 12.4. The van der Waals surface area contributed by atoms with Gasteiger partial charge in [-0.1, -0.05) is 36.8 Å². The van der Waals surface area contributed by atoms with Crippen molar-refractivity contribution in [1.82, 2.24) is 9.03 Å². The molecule has 0 saturated carbocycles. The maximum atomic E-state index is 12.4. The zero-order valence-electron chi connectivity index (χ0n) is 11.9. The predicted octanol–water partition coefficient (Wildman–Crippen LogP) is 1.52. The molecule has 7 heteroatoms. The summed E-state index contributed by atoms with van der Waals surface area (Å²) >= 11 is 0. The monoisotopic (exact) mass is 312 g/mol. The van der Waals surface area contributed by atoms with Crippen LogP contribution in [0.1, 0.15) is 37.8 Å². The molecule has 6 nitrogen and oxygen atoms in total. The van der Waals surface area contributed by atoms with Gasteiger partial charge in [0, 0.05) is 12.6 Å². The van der Waals surface area contributed by atoms with E-state index in [2.05, 4.69) is 4.72 Å². The number of hydrogen-bond donors (Lipinski definition) is 2. The molecule has 0 aromatic heterocycles. The third kappa shape index (κ3) is 3.81. The standard InChI is InChI=1S/C14H20N2O4S/c1-11-7-5-6-10-16(11)21(19,20)15-13(14(17)18)12-8-3-2-4-9-12/h2-4,8-9,11,13,15H,5-7,10H2,1H3,(H,17,18)/t11?,13-/m0/s1. The molecular formula is C14H20N2O4S. The Kier molecular flexibility index (Phi) is 4.97. The van der Waals surface area contributed by atoms with Crippen molar-refractivity contribution in [3.8, 4) is 0 Å². The van der Waals surface area contributed by atoms with Crippen LogP contribution < -0.4 is 4.72 Å². The van der Waals surface area contributed by atoms with Crippen LogP contribution in [0, 0.1) is 0 Å². The van der Waals surface area contributed by atoms with Gasteiger partial charge in [0.15, 0.2) is 0 Å². The average molecular weight is 312 g/mol. The van der Waals surface area contributed by atoms with Crippen LogP contribution in [0.5, 0.6) is 0 Å². The Morgan fingerprint density at radius 2 is 2.00 bits per heavy atom. The van der Waals surface area contributed by atoms with Gasteiger partial charge in [-0.3, -0.25) is 4.79 Å². The van der Waals surface area contributed by atoms with Crippen LogP contribution in [0.15, 0.2) is 30.3 Å². The highest BCUT2D eigenvalue weighted by atomic mass is 32.2. The Labute approximate surface area is 125 Å². The quantitative estimate of drug-likeness (QED) is 0.863. The van der Waals surface area contributed by atoms with Crippen molar-refractivity contribution in [2.45, 2.75) is 38.3 Å². The van der Waals surface area contributed by atoms with Crippen LogP contribution in [0.3, 0.4) is 0 Å². The summed E-state index contributed by atoms with van der Waals surface area (Å²) in [6.45, 7) is 2.27. The fraction of sp³-hybridized carbons (Fsp3) is 0.500. The molecule has 1 aromatic carbocycles. The van der Waals surface area contributed by atoms with Gasteiger partial charge in [-0.2, -0.15) is 17.4 Å². The van der Waals surface area contributed by atoms with Crippen molar-refractivity contribution >= 4 is 16.2 Å². The Bertz CT molecular complexity index is 588. The molecule has 116 valence electrons. The van der Waals surface area contributed by atoms with E-state index in [0.29, 0.717) is 12.1 Å². The Morgan fingerprint density at radius 3 is 2.57 bits per heavy atom. The largest absolute Gasteiger partial charge is 0.480 e. The molecule has 1 heterocycles. The number of nitrogens with zero attached hydrogens (tertiary/aromatic N) is 1. The van der Waals surface area contributed by atoms with Crippen molar-refractivity contribution in [2.24, 2.45) is 0 Å². The molecule has 1 aliphatic heterocycles. The number of carboxylic acid groups (broad SMARTS) is 1. The SMILES string of the molecule is CC1CCCCN1S(=O)(=O)N[C@H](C(=O)O)c1ccccc1. The molecule has 2 rings (SSSR count). The van der Waals surface area contributed by atoms with E-state index in [1.807, 2.05) is 6.92 Å². The summed E-state index contributed by atoms with van der Waals surface area (Å²) < 4.78 is 28.5. The lowest BCUT2D eigenvalue weighted by Gasteiger charge is -2.33. The molecule has 1 fully saturated rings. The Morgan fingerprint density at radius 1 is 1.33 bits per heavy atom. The minimum atomic E-state index is -3.82. The summed E-state index contributed by atoms with van der Waals surface area (Å²) in [6, 6.07) is 6.93. The molecule has 1 aromatic rings. The van der Waals surface area contributed by atoms with Gasteiger partial charge < -0.3 is 5.11 Å². The van der Waals surface area contributed by atoms with Gasteiger partial charge in [-0.05, 0) is 25.3 Å². The summed E-state index contributed by atoms with van der Waals surface area (Å²) in [5.74, 6) is -1.21. The lowest BCUT2D eigenvalue weighted by molar-refractivity contribution is -0.139. The van der Waals surface area contributed by atoms with Gasteiger partial charge in [-0.25, -0.2) is 0 Å². The minimum absolute atomic E-state index is 0.110. The summed E-state index contributed by atoms with van der Waals surface area (Å²) in [6.07, 6.45) is 2.59. The molecule has 1 saturated heterocycles.